The van der Waals surface area contributed by atoms with Crippen molar-refractivity contribution in [3.05, 3.63) is 60.2 Å². The van der Waals surface area contributed by atoms with Gasteiger partial charge in [-0.25, -0.2) is 14.6 Å². The molecule has 1 aromatic carbocycles. The van der Waals surface area contributed by atoms with Crippen molar-refractivity contribution in [3.8, 4) is 5.69 Å². The summed E-state index contributed by atoms with van der Waals surface area (Å²) in [6, 6.07) is 11.3. The van der Waals surface area contributed by atoms with Crippen LogP contribution >= 0.6 is 11.8 Å². The van der Waals surface area contributed by atoms with Gasteiger partial charge in [-0.15, -0.1) is 5.10 Å². The average molecular weight is 453 g/mol. The van der Waals surface area contributed by atoms with Crippen molar-refractivity contribution in [2.45, 2.75) is 30.7 Å². The summed E-state index contributed by atoms with van der Waals surface area (Å²) in [7, 11) is 0. The van der Waals surface area contributed by atoms with Gasteiger partial charge in [-0.05, 0) is 38.0 Å². The van der Waals surface area contributed by atoms with E-state index in [4.69, 9.17) is 4.74 Å². The molecule has 1 aliphatic rings. The summed E-state index contributed by atoms with van der Waals surface area (Å²) >= 11 is 1.42. The van der Waals surface area contributed by atoms with Gasteiger partial charge in [0, 0.05) is 31.2 Å². The molecule has 1 saturated heterocycles. The minimum absolute atomic E-state index is 0.163. The van der Waals surface area contributed by atoms with Crippen LogP contribution in [0.25, 0.3) is 5.69 Å². The number of likely N-dealkylation sites (tertiary alicyclic amines) is 1. The first kappa shape index (κ1) is 21.9. The summed E-state index contributed by atoms with van der Waals surface area (Å²) in [5.74, 6) is -0.0929. The number of nitrogens with zero attached hydrogens (tertiary/aromatic N) is 6. The topological polar surface area (TPSA) is 103 Å². The maximum absolute atomic E-state index is 13.3. The van der Waals surface area contributed by atoms with Crippen molar-refractivity contribution in [1.29, 1.82) is 0 Å². The summed E-state index contributed by atoms with van der Waals surface area (Å²) in [6.45, 7) is 3.13. The number of hydrogen-bond acceptors (Lipinski definition) is 8. The van der Waals surface area contributed by atoms with Gasteiger partial charge in [0.05, 0.1) is 23.9 Å². The van der Waals surface area contributed by atoms with Gasteiger partial charge in [0.1, 0.15) is 0 Å². The van der Waals surface area contributed by atoms with Crippen LogP contribution in [0.3, 0.4) is 0 Å². The first-order valence-corrected chi connectivity index (χ1v) is 11.5. The second-order valence-corrected chi connectivity index (χ2v) is 8.21. The number of carbonyl (C=O) groups excluding carboxylic acids is 2. The fourth-order valence-corrected chi connectivity index (χ4v) is 4.39. The maximum atomic E-state index is 13.3. The number of thioether (sulfide) groups is 1. The minimum atomic E-state index is -0.186. The van der Waals surface area contributed by atoms with Crippen LogP contribution in [0.1, 0.15) is 35.9 Å². The van der Waals surface area contributed by atoms with Crippen LogP contribution in [0.4, 0.5) is 0 Å². The number of piperidine rings is 1. The number of amides is 1. The molecule has 0 unspecified atom stereocenters. The Morgan fingerprint density at radius 1 is 1.09 bits per heavy atom. The molecule has 3 aromatic rings. The number of esters is 1. The van der Waals surface area contributed by atoms with Crippen LogP contribution in [0.5, 0.6) is 0 Å². The third-order valence-corrected chi connectivity index (χ3v) is 6.14. The lowest BCUT2D eigenvalue weighted by Gasteiger charge is -2.30. The Bertz CT molecular complexity index is 1050. The van der Waals surface area contributed by atoms with E-state index in [0.29, 0.717) is 54.8 Å². The molecule has 0 bridgehead atoms. The van der Waals surface area contributed by atoms with Gasteiger partial charge in [0.25, 0.3) is 5.91 Å². The summed E-state index contributed by atoms with van der Waals surface area (Å²) in [6.07, 6.45) is 4.53. The number of para-hydroxylation sites is 1. The molecule has 3 heterocycles. The molecule has 0 aliphatic carbocycles. The Balaban J connectivity index is 1.54. The molecular weight excluding hydrogens is 428 g/mol. The summed E-state index contributed by atoms with van der Waals surface area (Å²) < 4.78 is 6.81. The Morgan fingerprint density at radius 2 is 1.81 bits per heavy atom. The molecule has 32 heavy (non-hydrogen) atoms. The van der Waals surface area contributed by atoms with Crippen LogP contribution in [0, 0.1) is 5.92 Å². The number of carbonyl (C=O) groups is 2. The molecule has 0 saturated carbocycles. The highest BCUT2D eigenvalue weighted by Gasteiger charge is 2.31. The summed E-state index contributed by atoms with van der Waals surface area (Å²) in [5.41, 5.74) is 1.82. The van der Waals surface area contributed by atoms with Crippen molar-refractivity contribution in [2.24, 2.45) is 5.92 Å². The van der Waals surface area contributed by atoms with Crippen LogP contribution in [-0.2, 0) is 15.3 Å². The fraction of sp³-hybridized carbons (Fsp3) is 0.364. The van der Waals surface area contributed by atoms with Gasteiger partial charge >= 0.3 is 5.97 Å². The van der Waals surface area contributed by atoms with E-state index >= 15 is 0 Å². The molecule has 10 heteroatoms. The predicted molar refractivity (Wildman–Crippen MR) is 118 cm³/mol. The molecule has 0 radical (unpaired) electrons. The quantitative estimate of drug-likeness (QED) is 0.306. The molecule has 2 aromatic heterocycles. The zero-order valence-electron chi connectivity index (χ0n) is 17.8. The van der Waals surface area contributed by atoms with E-state index in [2.05, 4.69) is 20.3 Å². The standard InChI is InChI=1S/C22H24N6O3S/c1-2-31-21(30)16-9-13-27(14-10-16)20(29)19-18(15-32-22-23-11-6-12-24-22)28(26-25-19)17-7-4-3-5-8-17/h3-8,11-12,16H,2,9-10,13-15H2,1H3. The summed E-state index contributed by atoms with van der Waals surface area (Å²) in [5, 5.41) is 9.13. The second-order valence-electron chi connectivity index (χ2n) is 7.27. The lowest BCUT2D eigenvalue weighted by atomic mass is 9.97. The molecule has 1 amide bonds. The fourth-order valence-electron chi connectivity index (χ4n) is 3.59. The van der Waals surface area contributed by atoms with Gasteiger partial charge in [-0.2, -0.15) is 0 Å². The van der Waals surface area contributed by atoms with Crippen LogP contribution < -0.4 is 0 Å². The monoisotopic (exact) mass is 452 g/mol. The second kappa shape index (κ2) is 10.4. The van der Waals surface area contributed by atoms with E-state index in [1.807, 2.05) is 30.3 Å². The number of hydrogen-bond donors (Lipinski definition) is 0. The van der Waals surface area contributed by atoms with Gasteiger partial charge in [-0.1, -0.05) is 35.2 Å². The van der Waals surface area contributed by atoms with E-state index in [1.165, 1.54) is 11.8 Å². The van der Waals surface area contributed by atoms with Gasteiger partial charge < -0.3 is 9.64 Å². The molecule has 9 nitrogen and oxygen atoms in total. The van der Waals surface area contributed by atoms with E-state index in [-0.39, 0.29) is 17.8 Å². The lowest BCUT2D eigenvalue weighted by molar-refractivity contribution is -0.149. The van der Waals surface area contributed by atoms with Crippen molar-refractivity contribution < 1.29 is 14.3 Å². The molecule has 166 valence electrons. The Morgan fingerprint density at radius 3 is 2.50 bits per heavy atom. The van der Waals surface area contributed by atoms with E-state index in [9.17, 15) is 9.59 Å². The number of rotatable bonds is 7. The van der Waals surface area contributed by atoms with Crippen molar-refractivity contribution >= 4 is 23.6 Å². The molecular formula is C22H24N6O3S. The normalized spacial score (nSPS) is 14.3. The largest absolute Gasteiger partial charge is 0.466 e. The maximum Gasteiger partial charge on any atom is 0.309 e. The van der Waals surface area contributed by atoms with Crippen molar-refractivity contribution in [3.63, 3.8) is 0 Å². The lowest BCUT2D eigenvalue weighted by Crippen LogP contribution is -2.41. The zero-order chi connectivity index (χ0) is 22.3. The van der Waals surface area contributed by atoms with Crippen LogP contribution in [0.2, 0.25) is 0 Å². The number of ether oxygens (including phenoxy) is 1. The molecule has 4 rings (SSSR count). The Labute approximate surface area is 190 Å². The highest BCUT2D eigenvalue weighted by Crippen LogP contribution is 2.25. The third-order valence-electron chi connectivity index (χ3n) is 5.25. The molecule has 1 aliphatic heterocycles. The highest BCUT2D eigenvalue weighted by atomic mass is 32.2. The zero-order valence-corrected chi connectivity index (χ0v) is 18.6. The molecule has 0 spiro atoms. The minimum Gasteiger partial charge on any atom is -0.466 e. The predicted octanol–water partition coefficient (Wildman–Crippen LogP) is 2.76. The third kappa shape index (κ3) is 4.96. The van der Waals surface area contributed by atoms with E-state index in [0.717, 1.165) is 5.69 Å². The van der Waals surface area contributed by atoms with E-state index in [1.54, 1.807) is 35.0 Å². The molecule has 0 N–H and O–H groups in total. The first-order chi connectivity index (χ1) is 15.7. The van der Waals surface area contributed by atoms with Crippen molar-refractivity contribution in [1.82, 2.24) is 29.9 Å². The molecule has 1 fully saturated rings. The first-order valence-electron chi connectivity index (χ1n) is 10.5. The van der Waals surface area contributed by atoms with Crippen LogP contribution in [0.15, 0.2) is 53.9 Å². The highest BCUT2D eigenvalue weighted by molar-refractivity contribution is 7.98. The van der Waals surface area contributed by atoms with Crippen LogP contribution in [-0.4, -0.2) is 61.4 Å². The van der Waals surface area contributed by atoms with Gasteiger partial charge in [-0.3, -0.25) is 9.59 Å². The summed E-state index contributed by atoms with van der Waals surface area (Å²) in [4.78, 5) is 35.6. The smallest absolute Gasteiger partial charge is 0.309 e. The average Bonchev–Trinajstić information content (AvgIpc) is 3.27. The van der Waals surface area contributed by atoms with Gasteiger partial charge in [0.2, 0.25) is 0 Å². The number of aromatic nitrogens is 5. The SMILES string of the molecule is CCOC(=O)C1CCN(C(=O)c2nnn(-c3ccccc3)c2CSc2ncccn2)CC1. The van der Waals surface area contributed by atoms with Crippen molar-refractivity contribution in [2.75, 3.05) is 19.7 Å². The Hall–Kier alpha value is -3.27. The van der Waals surface area contributed by atoms with Gasteiger partial charge in [0.15, 0.2) is 10.9 Å². The molecule has 0 atom stereocenters. The van der Waals surface area contributed by atoms with E-state index < -0.39 is 0 Å². The Kier molecular flexibility index (Phi) is 7.10. The number of benzene rings is 1.